The molecule has 2 aliphatic carbocycles. The van der Waals surface area contributed by atoms with E-state index in [-0.39, 0.29) is 5.54 Å². The second-order valence-electron chi connectivity index (χ2n) is 4.85. The van der Waals surface area contributed by atoms with Gasteiger partial charge in [0.2, 0.25) is 0 Å². The van der Waals surface area contributed by atoms with Gasteiger partial charge in [0.05, 0.1) is 13.2 Å². The van der Waals surface area contributed by atoms with Crippen LogP contribution >= 0.6 is 0 Å². The molecule has 0 aliphatic heterocycles. The van der Waals surface area contributed by atoms with Crippen LogP contribution in [0.25, 0.3) is 0 Å². The van der Waals surface area contributed by atoms with Crippen LogP contribution < -0.4 is 5.73 Å². The largest absolute Gasteiger partial charge is 0.355 e. The van der Waals surface area contributed by atoms with E-state index in [1.165, 1.54) is 25.7 Å². The molecule has 3 nitrogen and oxygen atoms in total. The molecule has 2 aliphatic rings. The van der Waals surface area contributed by atoms with Crippen molar-refractivity contribution in [1.29, 1.82) is 0 Å². The topological polar surface area (TPSA) is 44.5 Å². The first-order valence-corrected chi connectivity index (χ1v) is 5.73. The summed E-state index contributed by atoms with van der Waals surface area (Å²) in [5.74, 6) is 0.817. The highest BCUT2D eigenvalue weighted by Crippen LogP contribution is 2.29. The molecule has 3 heteroatoms. The van der Waals surface area contributed by atoms with Gasteiger partial charge in [0, 0.05) is 5.54 Å². The Labute approximate surface area is 85.9 Å². The van der Waals surface area contributed by atoms with Crippen molar-refractivity contribution in [2.75, 3.05) is 20.0 Å². The maximum absolute atomic E-state index is 6.13. The molecule has 2 saturated carbocycles. The van der Waals surface area contributed by atoms with Crippen molar-refractivity contribution < 1.29 is 9.47 Å². The van der Waals surface area contributed by atoms with Gasteiger partial charge in [-0.15, -0.1) is 0 Å². The summed E-state index contributed by atoms with van der Waals surface area (Å²) in [4.78, 5) is 0. The zero-order valence-corrected chi connectivity index (χ0v) is 8.84. The number of ether oxygens (including phenoxy) is 2. The number of nitrogens with two attached hydrogens (primary N) is 1. The molecule has 2 rings (SSSR count). The van der Waals surface area contributed by atoms with Crippen LogP contribution in [0.5, 0.6) is 0 Å². The lowest BCUT2D eigenvalue weighted by Gasteiger charge is -2.22. The summed E-state index contributed by atoms with van der Waals surface area (Å²) in [7, 11) is 0. The summed E-state index contributed by atoms with van der Waals surface area (Å²) in [5, 5.41) is 0. The molecule has 2 N–H and O–H groups in total. The van der Waals surface area contributed by atoms with Gasteiger partial charge >= 0.3 is 0 Å². The Morgan fingerprint density at radius 2 is 1.86 bits per heavy atom. The van der Waals surface area contributed by atoms with E-state index in [0.717, 1.165) is 25.4 Å². The standard InChI is InChI=1S/C11H21NO2/c12-11(5-1-2-6-11)8-14-9-13-7-10-3-4-10/h10H,1-9,12H2. The van der Waals surface area contributed by atoms with E-state index in [1.54, 1.807) is 0 Å². The molecule has 0 amide bonds. The predicted molar refractivity (Wildman–Crippen MR) is 54.9 cm³/mol. The van der Waals surface area contributed by atoms with Crippen LogP contribution in [-0.2, 0) is 9.47 Å². The van der Waals surface area contributed by atoms with Crippen LogP contribution in [0.15, 0.2) is 0 Å². The Kier molecular flexibility index (Phi) is 3.42. The van der Waals surface area contributed by atoms with E-state index in [9.17, 15) is 0 Å². The highest BCUT2D eigenvalue weighted by molar-refractivity contribution is 4.88. The Balaban J connectivity index is 1.48. The third-order valence-electron chi connectivity index (χ3n) is 3.21. The van der Waals surface area contributed by atoms with E-state index in [2.05, 4.69) is 0 Å². The number of hydrogen-bond donors (Lipinski definition) is 1. The van der Waals surface area contributed by atoms with Crippen LogP contribution in [0.2, 0.25) is 0 Å². The van der Waals surface area contributed by atoms with Gasteiger partial charge in [0.25, 0.3) is 0 Å². The minimum atomic E-state index is -0.0526. The third-order valence-corrected chi connectivity index (χ3v) is 3.21. The first-order valence-electron chi connectivity index (χ1n) is 5.73. The number of hydrogen-bond acceptors (Lipinski definition) is 3. The molecule has 0 saturated heterocycles. The summed E-state index contributed by atoms with van der Waals surface area (Å²) < 4.78 is 10.8. The lowest BCUT2D eigenvalue weighted by Crippen LogP contribution is -2.41. The molecule has 0 spiro atoms. The third kappa shape index (κ3) is 3.23. The summed E-state index contributed by atoms with van der Waals surface area (Å²) in [6.07, 6.45) is 7.39. The van der Waals surface area contributed by atoms with E-state index in [4.69, 9.17) is 15.2 Å². The maximum atomic E-state index is 6.13. The second kappa shape index (κ2) is 4.60. The first kappa shape index (κ1) is 10.4. The molecule has 0 aromatic rings. The van der Waals surface area contributed by atoms with Gasteiger partial charge < -0.3 is 15.2 Å². The Morgan fingerprint density at radius 3 is 2.50 bits per heavy atom. The molecular formula is C11H21NO2. The first-order chi connectivity index (χ1) is 6.79. The predicted octanol–water partition coefficient (Wildman–Crippen LogP) is 1.66. The smallest absolute Gasteiger partial charge is 0.146 e. The van der Waals surface area contributed by atoms with Crippen molar-refractivity contribution in [1.82, 2.24) is 0 Å². The molecule has 0 heterocycles. The van der Waals surface area contributed by atoms with E-state index < -0.39 is 0 Å². The molecule has 0 unspecified atom stereocenters. The molecule has 0 atom stereocenters. The van der Waals surface area contributed by atoms with Crippen molar-refractivity contribution in [3.63, 3.8) is 0 Å². The zero-order chi connectivity index (χ0) is 9.86. The number of rotatable bonds is 6. The van der Waals surface area contributed by atoms with Crippen molar-refractivity contribution in [2.24, 2.45) is 11.7 Å². The SMILES string of the molecule is NC1(COCOCC2CC2)CCCC1. The maximum Gasteiger partial charge on any atom is 0.146 e. The van der Waals surface area contributed by atoms with Crippen molar-refractivity contribution >= 4 is 0 Å². The van der Waals surface area contributed by atoms with Crippen molar-refractivity contribution in [3.8, 4) is 0 Å². The second-order valence-corrected chi connectivity index (χ2v) is 4.85. The molecule has 82 valence electrons. The van der Waals surface area contributed by atoms with E-state index >= 15 is 0 Å². The van der Waals surface area contributed by atoms with Gasteiger partial charge in [0.15, 0.2) is 0 Å². The van der Waals surface area contributed by atoms with Crippen LogP contribution in [-0.4, -0.2) is 25.5 Å². The molecular weight excluding hydrogens is 178 g/mol. The molecule has 2 fully saturated rings. The molecule has 14 heavy (non-hydrogen) atoms. The quantitative estimate of drug-likeness (QED) is 0.522. The van der Waals surface area contributed by atoms with Crippen LogP contribution in [0.3, 0.4) is 0 Å². The Morgan fingerprint density at radius 1 is 1.14 bits per heavy atom. The average molecular weight is 199 g/mol. The molecule has 0 aromatic heterocycles. The van der Waals surface area contributed by atoms with Crippen LogP contribution in [0.1, 0.15) is 38.5 Å². The fraction of sp³-hybridized carbons (Fsp3) is 1.00. The van der Waals surface area contributed by atoms with Gasteiger partial charge in [-0.25, -0.2) is 0 Å². The molecule has 0 radical (unpaired) electrons. The lowest BCUT2D eigenvalue weighted by molar-refractivity contribution is -0.0706. The fourth-order valence-electron chi connectivity index (χ4n) is 2.03. The normalized spacial score (nSPS) is 25.5. The van der Waals surface area contributed by atoms with Gasteiger partial charge in [-0.05, 0) is 31.6 Å². The van der Waals surface area contributed by atoms with Crippen LogP contribution in [0, 0.1) is 5.92 Å². The summed E-state index contributed by atoms with van der Waals surface area (Å²) >= 11 is 0. The molecule has 0 bridgehead atoms. The van der Waals surface area contributed by atoms with Crippen LogP contribution in [0.4, 0.5) is 0 Å². The van der Waals surface area contributed by atoms with Gasteiger partial charge in [-0.2, -0.15) is 0 Å². The Bertz CT molecular complexity index is 174. The highest BCUT2D eigenvalue weighted by atomic mass is 16.7. The monoisotopic (exact) mass is 199 g/mol. The Hall–Kier alpha value is -0.120. The average Bonchev–Trinajstić information content (AvgIpc) is 2.89. The van der Waals surface area contributed by atoms with Gasteiger partial charge in [-0.1, -0.05) is 12.8 Å². The fourth-order valence-corrected chi connectivity index (χ4v) is 2.03. The van der Waals surface area contributed by atoms with Crippen molar-refractivity contribution in [3.05, 3.63) is 0 Å². The lowest BCUT2D eigenvalue weighted by atomic mass is 10.0. The van der Waals surface area contributed by atoms with Crippen molar-refractivity contribution in [2.45, 2.75) is 44.1 Å². The summed E-state index contributed by atoms with van der Waals surface area (Å²) in [6.45, 7) is 1.96. The van der Waals surface area contributed by atoms with Gasteiger partial charge in [0.1, 0.15) is 6.79 Å². The van der Waals surface area contributed by atoms with E-state index in [0.29, 0.717) is 13.4 Å². The minimum Gasteiger partial charge on any atom is -0.355 e. The highest BCUT2D eigenvalue weighted by Gasteiger charge is 2.29. The summed E-state index contributed by atoms with van der Waals surface area (Å²) in [5.41, 5.74) is 6.08. The molecule has 0 aromatic carbocycles. The van der Waals surface area contributed by atoms with E-state index in [1.807, 2.05) is 0 Å². The van der Waals surface area contributed by atoms with Gasteiger partial charge in [-0.3, -0.25) is 0 Å². The summed E-state index contributed by atoms with van der Waals surface area (Å²) in [6, 6.07) is 0. The zero-order valence-electron chi connectivity index (χ0n) is 8.84. The minimum absolute atomic E-state index is 0.0526.